The van der Waals surface area contributed by atoms with Gasteiger partial charge in [0.1, 0.15) is 18.8 Å². The minimum atomic E-state index is -0.539. The van der Waals surface area contributed by atoms with Crippen molar-refractivity contribution in [1.82, 2.24) is 0 Å². The smallest absolute Gasteiger partial charge is 0.313 e. The monoisotopic (exact) mass is 335 g/mol. The summed E-state index contributed by atoms with van der Waals surface area (Å²) in [6, 6.07) is 0. The Kier molecular flexibility index (Phi) is 15.5. The zero-order chi connectivity index (χ0) is 13.1. The second kappa shape index (κ2) is 13.6. The number of ether oxygens (including phenoxy) is 3. The van der Waals surface area contributed by atoms with Gasteiger partial charge in [0.25, 0.3) is 0 Å². The molecule has 0 aromatic heterocycles. The molecule has 0 aliphatic carbocycles. The normalized spacial score (nSPS) is 10.0. The molecule has 0 aliphatic rings. The molecular formula is C12H22O5Y. The van der Waals surface area contributed by atoms with Gasteiger partial charge in [-0.3, -0.25) is 9.59 Å². The number of carbonyl (C=O) groups excluding carboxylic acids is 2. The molecule has 103 valence electrons. The van der Waals surface area contributed by atoms with Crippen molar-refractivity contribution in [3.63, 3.8) is 0 Å². The molecule has 1 radical (unpaired) electrons. The van der Waals surface area contributed by atoms with Crippen LogP contribution < -0.4 is 0 Å². The van der Waals surface area contributed by atoms with Crippen molar-refractivity contribution in [1.29, 1.82) is 0 Å². The average Bonchev–Trinajstić information content (AvgIpc) is 2.27. The van der Waals surface area contributed by atoms with Crippen LogP contribution >= 0.6 is 0 Å². The van der Waals surface area contributed by atoms with Gasteiger partial charge in [0.05, 0.1) is 0 Å². The first-order valence-corrected chi connectivity index (χ1v) is 5.98. The summed E-state index contributed by atoms with van der Waals surface area (Å²) in [5.74, 6) is -0.752. The second-order valence-corrected chi connectivity index (χ2v) is 3.73. The molecule has 6 heteroatoms. The predicted molar refractivity (Wildman–Crippen MR) is 62.5 cm³/mol. The number of esters is 1. The molecule has 18 heavy (non-hydrogen) atoms. The van der Waals surface area contributed by atoms with E-state index in [1.54, 1.807) is 0 Å². The SMILES string of the molecule is CCCOC(COC(=O)CC(C)=O)OCCC.[Y]. The molecule has 0 unspecified atom stereocenters. The van der Waals surface area contributed by atoms with Gasteiger partial charge in [-0.05, 0) is 19.8 Å². The number of hydrogen-bond acceptors (Lipinski definition) is 5. The van der Waals surface area contributed by atoms with Crippen LogP contribution in [0.4, 0.5) is 0 Å². The third-order valence-electron chi connectivity index (χ3n) is 1.79. The molecular weight excluding hydrogens is 313 g/mol. The number of ketones is 1. The number of Topliss-reactive ketones (excluding diaryl/α,β-unsaturated/α-hetero) is 1. The zero-order valence-corrected chi connectivity index (χ0v) is 14.3. The van der Waals surface area contributed by atoms with Crippen LogP contribution in [0.25, 0.3) is 0 Å². The van der Waals surface area contributed by atoms with Crippen molar-refractivity contribution in [3.05, 3.63) is 0 Å². The Morgan fingerprint density at radius 1 is 1.06 bits per heavy atom. The van der Waals surface area contributed by atoms with Gasteiger partial charge in [-0.15, -0.1) is 0 Å². The van der Waals surface area contributed by atoms with E-state index in [1.165, 1.54) is 6.92 Å². The summed E-state index contributed by atoms with van der Waals surface area (Å²) in [5.41, 5.74) is 0. The van der Waals surface area contributed by atoms with Crippen molar-refractivity contribution < 1.29 is 56.5 Å². The molecule has 5 nitrogen and oxygen atoms in total. The van der Waals surface area contributed by atoms with Crippen molar-refractivity contribution in [2.45, 2.75) is 46.3 Å². The third-order valence-corrected chi connectivity index (χ3v) is 1.79. The molecule has 0 rings (SSSR count). The van der Waals surface area contributed by atoms with Crippen LogP contribution in [0.1, 0.15) is 40.0 Å². The quantitative estimate of drug-likeness (QED) is 0.345. The van der Waals surface area contributed by atoms with Crippen molar-refractivity contribution in [2.24, 2.45) is 0 Å². The molecule has 0 N–H and O–H groups in total. The Morgan fingerprint density at radius 2 is 1.56 bits per heavy atom. The topological polar surface area (TPSA) is 61.8 Å². The van der Waals surface area contributed by atoms with E-state index >= 15 is 0 Å². The molecule has 0 aromatic rings. The molecule has 0 atom stereocenters. The molecule has 0 fully saturated rings. The van der Waals surface area contributed by atoms with E-state index in [0.29, 0.717) is 13.2 Å². The predicted octanol–water partition coefficient (Wildman–Crippen LogP) is 1.69. The third kappa shape index (κ3) is 12.6. The van der Waals surface area contributed by atoms with E-state index in [0.717, 1.165) is 12.8 Å². The Balaban J connectivity index is 0. The molecule has 0 aromatic carbocycles. The number of hydrogen-bond donors (Lipinski definition) is 0. The van der Waals surface area contributed by atoms with Gasteiger partial charge in [-0.1, -0.05) is 13.8 Å². The molecule has 0 amide bonds. The van der Waals surface area contributed by atoms with Crippen molar-refractivity contribution in [3.8, 4) is 0 Å². The van der Waals surface area contributed by atoms with E-state index in [9.17, 15) is 9.59 Å². The van der Waals surface area contributed by atoms with Crippen molar-refractivity contribution in [2.75, 3.05) is 19.8 Å². The van der Waals surface area contributed by atoms with Crippen LogP contribution in [0.5, 0.6) is 0 Å². The molecule has 0 heterocycles. The fourth-order valence-electron chi connectivity index (χ4n) is 1.06. The van der Waals surface area contributed by atoms with Gasteiger partial charge in [-0.2, -0.15) is 0 Å². The maximum absolute atomic E-state index is 11.2. The summed E-state index contributed by atoms with van der Waals surface area (Å²) >= 11 is 0. The summed E-state index contributed by atoms with van der Waals surface area (Å²) in [4.78, 5) is 21.8. The molecule has 0 saturated carbocycles. The fourth-order valence-corrected chi connectivity index (χ4v) is 1.06. The molecule has 0 saturated heterocycles. The van der Waals surface area contributed by atoms with E-state index in [1.807, 2.05) is 13.8 Å². The van der Waals surface area contributed by atoms with Crippen LogP contribution in [-0.2, 0) is 56.5 Å². The van der Waals surface area contributed by atoms with Crippen LogP contribution in [0.3, 0.4) is 0 Å². The van der Waals surface area contributed by atoms with Gasteiger partial charge in [0.2, 0.25) is 0 Å². The summed E-state index contributed by atoms with van der Waals surface area (Å²) in [5, 5.41) is 0. The summed E-state index contributed by atoms with van der Waals surface area (Å²) < 4.78 is 15.6. The van der Waals surface area contributed by atoms with E-state index in [2.05, 4.69) is 0 Å². The molecule has 0 bridgehead atoms. The van der Waals surface area contributed by atoms with Gasteiger partial charge in [-0.25, -0.2) is 0 Å². The fraction of sp³-hybridized carbons (Fsp3) is 0.833. The first kappa shape index (κ1) is 20.5. The average molecular weight is 335 g/mol. The Bertz CT molecular complexity index is 225. The van der Waals surface area contributed by atoms with E-state index < -0.39 is 12.3 Å². The second-order valence-electron chi connectivity index (χ2n) is 3.73. The number of carbonyl (C=O) groups is 2. The van der Waals surface area contributed by atoms with E-state index in [-0.39, 0.29) is 51.5 Å². The molecule has 0 aliphatic heterocycles. The summed E-state index contributed by atoms with van der Waals surface area (Å²) in [6.07, 6.45) is 1.00. The van der Waals surface area contributed by atoms with Gasteiger partial charge >= 0.3 is 5.97 Å². The number of rotatable bonds is 10. The largest absolute Gasteiger partial charge is 0.460 e. The molecule has 0 spiro atoms. The minimum Gasteiger partial charge on any atom is -0.460 e. The summed E-state index contributed by atoms with van der Waals surface area (Å²) in [6.45, 7) is 6.46. The Hall–Kier alpha value is 0.164. The van der Waals surface area contributed by atoms with Gasteiger partial charge < -0.3 is 14.2 Å². The van der Waals surface area contributed by atoms with Gasteiger partial charge in [0, 0.05) is 45.9 Å². The van der Waals surface area contributed by atoms with Crippen LogP contribution in [-0.4, -0.2) is 37.9 Å². The zero-order valence-electron chi connectivity index (χ0n) is 11.4. The van der Waals surface area contributed by atoms with Gasteiger partial charge in [0.15, 0.2) is 6.29 Å². The maximum atomic E-state index is 11.2. The van der Waals surface area contributed by atoms with Crippen LogP contribution in [0.15, 0.2) is 0 Å². The minimum absolute atomic E-state index is 0. The standard InChI is InChI=1S/C12H22O5.Y/c1-4-6-15-12(16-7-5-2)9-17-11(14)8-10(3)13;/h12H,4-9H2,1-3H3;. The Morgan fingerprint density at radius 3 is 1.94 bits per heavy atom. The van der Waals surface area contributed by atoms with E-state index in [4.69, 9.17) is 14.2 Å². The summed E-state index contributed by atoms with van der Waals surface area (Å²) in [7, 11) is 0. The van der Waals surface area contributed by atoms with Crippen LogP contribution in [0.2, 0.25) is 0 Å². The maximum Gasteiger partial charge on any atom is 0.313 e. The van der Waals surface area contributed by atoms with Crippen LogP contribution in [0, 0.1) is 0 Å². The first-order valence-electron chi connectivity index (χ1n) is 5.98. The van der Waals surface area contributed by atoms with Crippen molar-refractivity contribution >= 4 is 11.8 Å². The first-order chi connectivity index (χ1) is 8.10. The Labute approximate surface area is 134 Å².